The number of carbonyl (C=O) groups excluding carboxylic acids is 2. The van der Waals surface area contributed by atoms with Gasteiger partial charge in [0.1, 0.15) is 0 Å². The smallest absolute Gasteiger partial charge is 0.289 e. The van der Waals surface area contributed by atoms with Crippen LogP contribution in [0.1, 0.15) is 43.7 Å². The zero-order valence-corrected chi connectivity index (χ0v) is 14.5. The molecule has 0 aromatic carbocycles. The second-order valence-electron chi connectivity index (χ2n) is 6.29. The van der Waals surface area contributed by atoms with Crippen LogP contribution in [0.15, 0.2) is 22.8 Å². The molecule has 7 heteroatoms. The highest BCUT2D eigenvalue weighted by atomic mass is 35.5. The molecule has 0 unspecified atom stereocenters. The van der Waals surface area contributed by atoms with Gasteiger partial charge in [0.15, 0.2) is 5.76 Å². The number of furan rings is 1. The highest BCUT2D eigenvalue weighted by molar-refractivity contribution is 5.91. The Bertz CT molecular complexity index is 497. The summed E-state index contributed by atoms with van der Waals surface area (Å²) >= 11 is 0. The molecule has 2 amide bonds. The van der Waals surface area contributed by atoms with Gasteiger partial charge in [0.25, 0.3) is 5.91 Å². The van der Waals surface area contributed by atoms with Crippen LogP contribution in [0.4, 0.5) is 0 Å². The van der Waals surface area contributed by atoms with Gasteiger partial charge in [-0.05, 0) is 37.3 Å². The van der Waals surface area contributed by atoms with Crippen LogP contribution >= 0.6 is 12.4 Å². The van der Waals surface area contributed by atoms with E-state index in [0.717, 1.165) is 12.8 Å². The van der Waals surface area contributed by atoms with Gasteiger partial charge in [-0.2, -0.15) is 0 Å². The summed E-state index contributed by atoms with van der Waals surface area (Å²) in [6, 6.07) is 3.01. The highest BCUT2D eigenvalue weighted by Gasteiger charge is 2.27. The Labute approximate surface area is 143 Å². The van der Waals surface area contributed by atoms with Crippen LogP contribution in [0.3, 0.4) is 0 Å². The van der Waals surface area contributed by atoms with Crippen LogP contribution in [0.25, 0.3) is 0 Å². The topological polar surface area (TPSA) is 88.6 Å². The average Bonchev–Trinajstić information content (AvgIpc) is 3.00. The number of nitrogens with two attached hydrogens (primary N) is 1. The first-order chi connectivity index (χ1) is 10.5. The van der Waals surface area contributed by atoms with Crippen molar-refractivity contribution in [2.45, 2.75) is 45.2 Å². The Morgan fingerprint density at radius 3 is 2.57 bits per heavy atom. The minimum Gasteiger partial charge on any atom is -0.459 e. The lowest BCUT2D eigenvalue weighted by molar-refractivity contribution is -0.123. The van der Waals surface area contributed by atoms with E-state index in [1.165, 1.54) is 6.26 Å². The molecular formula is C16H26ClN3O3. The molecule has 130 valence electrons. The molecule has 23 heavy (non-hydrogen) atoms. The Kier molecular flexibility index (Phi) is 7.58. The predicted octanol–water partition coefficient (Wildman–Crippen LogP) is 1.80. The number of nitrogens with zero attached hydrogens (tertiary/aromatic N) is 1. The summed E-state index contributed by atoms with van der Waals surface area (Å²) in [7, 11) is 0. The van der Waals surface area contributed by atoms with E-state index >= 15 is 0 Å². The summed E-state index contributed by atoms with van der Waals surface area (Å²) in [5, 5.41) is 2.99. The summed E-state index contributed by atoms with van der Waals surface area (Å²) < 4.78 is 5.13. The molecule has 0 saturated carbocycles. The first-order valence-corrected chi connectivity index (χ1v) is 7.86. The van der Waals surface area contributed by atoms with Gasteiger partial charge in [0, 0.05) is 19.1 Å². The molecule has 2 heterocycles. The molecule has 0 bridgehead atoms. The summed E-state index contributed by atoms with van der Waals surface area (Å²) in [5.41, 5.74) is 5.89. The lowest BCUT2D eigenvalue weighted by Gasteiger charge is -2.32. The molecule has 1 aliphatic rings. The molecule has 1 atom stereocenters. The van der Waals surface area contributed by atoms with Gasteiger partial charge >= 0.3 is 0 Å². The van der Waals surface area contributed by atoms with Crippen LogP contribution in [-0.2, 0) is 4.79 Å². The quantitative estimate of drug-likeness (QED) is 0.853. The van der Waals surface area contributed by atoms with Crippen molar-refractivity contribution in [2.75, 3.05) is 13.1 Å². The SMILES string of the molecule is CC(C)C[C@H](N)C(=O)NC1CCN(C(=O)c2ccco2)CC1.Cl. The average molecular weight is 344 g/mol. The number of amides is 2. The van der Waals surface area contributed by atoms with Gasteiger partial charge in [-0.15, -0.1) is 12.4 Å². The van der Waals surface area contributed by atoms with E-state index in [0.29, 0.717) is 31.2 Å². The van der Waals surface area contributed by atoms with Gasteiger partial charge in [0.2, 0.25) is 5.91 Å². The summed E-state index contributed by atoms with van der Waals surface area (Å²) in [6.07, 6.45) is 3.66. The van der Waals surface area contributed by atoms with E-state index in [-0.39, 0.29) is 30.3 Å². The van der Waals surface area contributed by atoms with E-state index in [4.69, 9.17) is 10.2 Å². The Balaban J connectivity index is 0.00000264. The summed E-state index contributed by atoms with van der Waals surface area (Å²) in [5.74, 6) is 0.575. The second kappa shape index (κ2) is 8.93. The molecule has 0 spiro atoms. The highest BCUT2D eigenvalue weighted by Crippen LogP contribution is 2.15. The number of piperidine rings is 1. The molecule has 0 aliphatic carbocycles. The third-order valence-electron chi connectivity index (χ3n) is 3.92. The van der Waals surface area contributed by atoms with Crippen molar-refractivity contribution in [2.24, 2.45) is 11.7 Å². The van der Waals surface area contributed by atoms with Gasteiger partial charge in [-0.25, -0.2) is 0 Å². The fraction of sp³-hybridized carbons (Fsp3) is 0.625. The zero-order valence-electron chi connectivity index (χ0n) is 13.7. The van der Waals surface area contributed by atoms with Gasteiger partial charge < -0.3 is 20.4 Å². The first kappa shape index (κ1) is 19.5. The number of halogens is 1. The van der Waals surface area contributed by atoms with Crippen molar-refractivity contribution in [1.29, 1.82) is 0 Å². The van der Waals surface area contributed by atoms with Crippen molar-refractivity contribution in [3.63, 3.8) is 0 Å². The number of hydrogen-bond acceptors (Lipinski definition) is 4. The third-order valence-corrected chi connectivity index (χ3v) is 3.92. The fourth-order valence-electron chi connectivity index (χ4n) is 2.71. The molecule has 2 rings (SSSR count). The van der Waals surface area contributed by atoms with Crippen molar-refractivity contribution < 1.29 is 14.0 Å². The maximum Gasteiger partial charge on any atom is 0.289 e. The molecule has 1 aromatic heterocycles. The normalized spacial score (nSPS) is 16.8. The number of rotatable bonds is 5. The molecule has 1 saturated heterocycles. The predicted molar refractivity (Wildman–Crippen MR) is 90.5 cm³/mol. The van der Waals surface area contributed by atoms with Crippen LogP contribution in [-0.4, -0.2) is 41.9 Å². The van der Waals surface area contributed by atoms with Gasteiger partial charge in [0.05, 0.1) is 12.3 Å². The molecular weight excluding hydrogens is 318 g/mol. The van der Waals surface area contributed by atoms with Crippen molar-refractivity contribution in [3.8, 4) is 0 Å². The number of nitrogens with one attached hydrogen (secondary N) is 1. The van der Waals surface area contributed by atoms with Crippen molar-refractivity contribution in [3.05, 3.63) is 24.2 Å². The molecule has 1 fully saturated rings. The van der Waals surface area contributed by atoms with E-state index in [1.54, 1.807) is 17.0 Å². The molecule has 6 nitrogen and oxygen atoms in total. The molecule has 0 radical (unpaired) electrons. The maximum atomic E-state index is 12.1. The minimum atomic E-state index is -0.456. The minimum absolute atomic E-state index is 0. The van der Waals surface area contributed by atoms with Crippen LogP contribution < -0.4 is 11.1 Å². The van der Waals surface area contributed by atoms with E-state index in [1.807, 2.05) is 13.8 Å². The zero-order chi connectivity index (χ0) is 16.1. The van der Waals surface area contributed by atoms with E-state index < -0.39 is 6.04 Å². The van der Waals surface area contributed by atoms with Crippen molar-refractivity contribution >= 4 is 24.2 Å². The molecule has 3 N–H and O–H groups in total. The van der Waals surface area contributed by atoms with Crippen LogP contribution in [0, 0.1) is 5.92 Å². The number of likely N-dealkylation sites (tertiary alicyclic amines) is 1. The lowest BCUT2D eigenvalue weighted by atomic mass is 10.0. The lowest BCUT2D eigenvalue weighted by Crippen LogP contribution is -2.50. The summed E-state index contributed by atoms with van der Waals surface area (Å²) in [6.45, 7) is 5.32. The van der Waals surface area contributed by atoms with Gasteiger partial charge in [-0.3, -0.25) is 9.59 Å². The molecule has 1 aliphatic heterocycles. The maximum absolute atomic E-state index is 12.1. The monoisotopic (exact) mass is 343 g/mol. The Morgan fingerprint density at radius 2 is 2.04 bits per heavy atom. The van der Waals surface area contributed by atoms with E-state index in [2.05, 4.69) is 5.32 Å². The van der Waals surface area contributed by atoms with Crippen LogP contribution in [0.2, 0.25) is 0 Å². The largest absolute Gasteiger partial charge is 0.459 e. The standard InChI is InChI=1S/C16H25N3O3.ClH/c1-11(2)10-13(17)15(20)18-12-5-7-19(8-6-12)16(21)14-4-3-9-22-14;/h3-4,9,11-13H,5-8,10,17H2,1-2H3,(H,18,20);1H/t13-;/m0./s1. The molecule has 1 aromatic rings. The second-order valence-corrected chi connectivity index (χ2v) is 6.29. The van der Waals surface area contributed by atoms with Crippen LogP contribution in [0.5, 0.6) is 0 Å². The third kappa shape index (κ3) is 5.55. The van der Waals surface area contributed by atoms with Gasteiger partial charge in [-0.1, -0.05) is 13.8 Å². The van der Waals surface area contributed by atoms with E-state index in [9.17, 15) is 9.59 Å². The Hall–Kier alpha value is -1.53. The van der Waals surface area contributed by atoms with Crippen molar-refractivity contribution in [1.82, 2.24) is 10.2 Å². The number of hydrogen-bond donors (Lipinski definition) is 2. The first-order valence-electron chi connectivity index (χ1n) is 7.86. The Morgan fingerprint density at radius 1 is 1.39 bits per heavy atom. The number of carbonyl (C=O) groups is 2. The fourth-order valence-corrected chi connectivity index (χ4v) is 2.71. The summed E-state index contributed by atoms with van der Waals surface area (Å²) in [4.78, 5) is 25.9.